The van der Waals surface area contributed by atoms with Gasteiger partial charge in [0.15, 0.2) is 5.00 Å². The van der Waals surface area contributed by atoms with Crippen molar-refractivity contribution in [2.45, 2.75) is 19.4 Å². The van der Waals surface area contributed by atoms with Crippen LogP contribution in [0.5, 0.6) is 0 Å². The molecule has 2 N–H and O–H groups in total. The summed E-state index contributed by atoms with van der Waals surface area (Å²) in [7, 11) is 0. The summed E-state index contributed by atoms with van der Waals surface area (Å²) in [6, 6.07) is 1.44. The number of aliphatic hydroxyl groups is 2. The van der Waals surface area contributed by atoms with Gasteiger partial charge < -0.3 is 15.1 Å². The lowest BCUT2D eigenvalue weighted by Crippen LogP contribution is -2.20. The fourth-order valence-electron chi connectivity index (χ4n) is 2.12. The van der Waals surface area contributed by atoms with E-state index in [0.717, 1.165) is 6.42 Å². The molecule has 1 aromatic rings. The minimum absolute atomic E-state index is 0.0505. The monoisotopic (exact) mass is 272 g/mol. The number of anilines is 1. The van der Waals surface area contributed by atoms with E-state index in [-0.39, 0.29) is 18.2 Å². The zero-order valence-corrected chi connectivity index (χ0v) is 10.9. The van der Waals surface area contributed by atoms with Crippen molar-refractivity contribution < 1.29 is 15.1 Å². The Morgan fingerprint density at radius 1 is 1.72 bits per heavy atom. The van der Waals surface area contributed by atoms with Crippen LogP contribution < -0.4 is 4.90 Å². The average molecular weight is 272 g/mol. The molecule has 2 atom stereocenters. The molecular formula is C11H16N2O4S. The Labute approximate surface area is 109 Å². The van der Waals surface area contributed by atoms with Crippen molar-refractivity contribution in [1.82, 2.24) is 0 Å². The van der Waals surface area contributed by atoms with Crippen LogP contribution in [-0.4, -0.2) is 34.8 Å². The van der Waals surface area contributed by atoms with E-state index in [1.54, 1.807) is 6.92 Å². The zero-order valence-electron chi connectivity index (χ0n) is 10.1. The minimum atomic E-state index is -0.696. The molecule has 1 aliphatic rings. The molecule has 0 saturated carbocycles. The summed E-state index contributed by atoms with van der Waals surface area (Å²) >= 11 is 1.26. The van der Waals surface area contributed by atoms with Gasteiger partial charge in [-0.3, -0.25) is 10.1 Å². The maximum Gasteiger partial charge on any atom is 0.304 e. The van der Waals surface area contributed by atoms with Gasteiger partial charge in [0.1, 0.15) is 0 Å². The van der Waals surface area contributed by atoms with E-state index < -0.39 is 11.0 Å². The molecule has 1 fully saturated rings. The molecule has 2 unspecified atom stereocenters. The Morgan fingerprint density at radius 3 is 2.94 bits per heavy atom. The highest BCUT2D eigenvalue weighted by molar-refractivity contribution is 7.16. The summed E-state index contributed by atoms with van der Waals surface area (Å²) in [6.45, 7) is 3.06. The van der Waals surface area contributed by atoms with Crippen molar-refractivity contribution in [1.29, 1.82) is 0 Å². The lowest BCUT2D eigenvalue weighted by molar-refractivity contribution is -0.383. The molecule has 1 aromatic heterocycles. The first-order valence-corrected chi connectivity index (χ1v) is 6.66. The summed E-state index contributed by atoms with van der Waals surface area (Å²) in [6.07, 6.45) is 0.147. The van der Waals surface area contributed by atoms with Crippen LogP contribution in [0.15, 0.2) is 6.07 Å². The average Bonchev–Trinajstić information content (AvgIpc) is 2.95. The van der Waals surface area contributed by atoms with Crippen molar-refractivity contribution in [3.8, 4) is 0 Å². The van der Waals surface area contributed by atoms with Crippen LogP contribution in [0.1, 0.15) is 24.3 Å². The lowest BCUT2D eigenvalue weighted by Gasteiger charge is -2.15. The van der Waals surface area contributed by atoms with Gasteiger partial charge in [-0.2, -0.15) is 0 Å². The molecule has 0 aliphatic carbocycles. The summed E-state index contributed by atoms with van der Waals surface area (Å²) in [5.74, 6) is 0.182. The first-order valence-electron chi connectivity index (χ1n) is 5.85. The second-order valence-electron chi connectivity index (χ2n) is 4.56. The van der Waals surface area contributed by atoms with E-state index in [9.17, 15) is 15.2 Å². The maximum atomic E-state index is 11.0. The van der Waals surface area contributed by atoms with Gasteiger partial charge in [0.05, 0.1) is 11.0 Å². The van der Waals surface area contributed by atoms with Gasteiger partial charge in [-0.05, 0) is 13.3 Å². The number of rotatable bonds is 4. The van der Waals surface area contributed by atoms with Gasteiger partial charge in [-0.25, -0.2) is 0 Å². The van der Waals surface area contributed by atoms with E-state index in [0.29, 0.717) is 23.0 Å². The van der Waals surface area contributed by atoms with Crippen LogP contribution in [0, 0.1) is 16.0 Å². The first kappa shape index (κ1) is 13.3. The summed E-state index contributed by atoms with van der Waals surface area (Å²) in [4.78, 5) is 13.1. The van der Waals surface area contributed by atoms with E-state index in [1.807, 2.05) is 4.90 Å². The second kappa shape index (κ2) is 5.21. The standard InChI is InChI=1S/C11H16N2O4S/c1-7(15)10-4-9(13(16)17)11(18-10)12-3-2-8(5-12)6-14/h4,7-8,14-15H,2-3,5-6H2,1H3. The fourth-order valence-corrected chi connectivity index (χ4v) is 3.22. The smallest absolute Gasteiger partial charge is 0.304 e. The van der Waals surface area contributed by atoms with E-state index >= 15 is 0 Å². The predicted octanol–water partition coefficient (Wildman–Crippen LogP) is 1.53. The predicted molar refractivity (Wildman–Crippen MR) is 69.0 cm³/mol. The first-order chi connectivity index (χ1) is 8.52. The van der Waals surface area contributed by atoms with Gasteiger partial charge in [0, 0.05) is 36.6 Å². The molecule has 0 bridgehead atoms. The molecule has 0 amide bonds. The number of nitro groups is 1. The van der Waals surface area contributed by atoms with Crippen LogP contribution in [0.3, 0.4) is 0 Å². The molecule has 18 heavy (non-hydrogen) atoms. The van der Waals surface area contributed by atoms with Crippen LogP contribution in [0.2, 0.25) is 0 Å². The van der Waals surface area contributed by atoms with Crippen molar-refractivity contribution in [3.05, 3.63) is 21.1 Å². The number of nitrogens with zero attached hydrogens (tertiary/aromatic N) is 2. The second-order valence-corrected chi connectivity index (χ2v) is 5.62. The Bertz CT molecular complexity index is 446. The Hall–Kier alpha value is -1.18. The van der Waals surface area contributed by atoms with Crippen LogP contribution in [0.25, 0.3) is 0 Å². The van der Waals surface area contributed by atoms with Gasteiger partial charge in [-0.15, -0.1) is 11.3 Å². The molecule has 7 heteroatoms. The van der Waals surface area contributed by atoms with Crippen molar-refractivity contribution in [2.75, 3.05) is 24.6 Å². The maximum absolute atomic E-state index is 11.0. The van der Waals surface area contributed by atoms with Crippen molar-refractivity contribution in [2.24, 2.45) is 5.92 Å². The molecule has 0 radical (unpaired) electrons. The molecule has 1 aliphatic heterocycles. The molecule has 0 spiro atoms. The highest BCUT2D eigenvalue weighted by atomic mass is 32.1. The Kier molecular flexibility index (Phi) is 3.84. The highest BCUT2D eigenvalue weighted by Gasteiger charge is 2.30. The molecule has 6 nitrogen and oxygen atoms in total. The van der Waals surface area contributed by atoms with Crippen molar-refractivity contribution in [3.63, 3.8) is 0 Å². The molecule has 100 valence electrons. The largest absolute Gasteiger partial charge is 0.396 e. The molecular weight excluding hydrogens is 256 g/mol. The third-order valence-electron chi connectivity index (χ3n) is 3.15. The lowest BCUT2D eigenvalue weighted by atomic mass is 10.1. The molecule has 1 saturated heterocycles. The minimum Gasteiger partial charge on any atom is -0.396 e. The fraction of sp³-hybridized carbons (Fsp3) is 0.636. The van der Waals surface area contributed by atoms with Crippen LogP contribution in [0.4, 0.5) is 10.7 Å². The SMILES string of the molecule is CC(O)c1cc([N+](=O)[O-])c(N2CCC(CO)C2)s1. The summed E-state index contributed by atoms with van der Waals surface area (Å²) < 4.78 is 0. The van der Waals surface area contributed by atoms with E-state index in [2.05, 4.69) is 0 Å². The molecule has 2 heterocycles. The van der Waals surface area contributed by atoms with E-state index in [1.165, 1.54) is 17.4 Å². The normalized spacial score (nSPS) is 21.3. The van der Waals surface area contributed by atoms with Gasteiger partial charge in [-0.1, -0.05) is 0 Å². The van der Waals surface area contributed by atoms with Gasteiger partial charge >= 0.3 is 5.69 Å². The third-order valence-corrected chi connectivity index (χ3v) is 4.51. The summed E-state index contributed by atoms with van der Waals surface area (Å²) in [5, 5.41) is 30.2. The molecule has 0 aromatic carbocycles. The third kappa shape index (κ3) is 2.47. The van der Waals surface area contributed by atoms with E-state index in [4.69, 9.17) is 5.11 Å². The van der Waals surface area contributed by atoms with Crippen molar-refractivity contribution >= 4 is 22.0 Å². The Balaban J connectivity index is 2.28. The molecule has 2 rings (SSSR count). The number of hydrogen-bond donors (Lipinski definition) is 2. The number of aliphatic hydroxyl groups excluding tert-OH is 2. The Morgan fingerprint density at radius 2 is 2.44 bits per heavy atom. The number of hydrogen-bond acceptors (Lipinski definition) is 6. The zero-order chi connectivity index (χ0) is 13.3. The van der Waals surface area contributed by atoms with Gasteiger partial charge in [0.25, 0.3) is 0 Å². The topological polar surface area (TPSA) is 86.8 Å². The van der Waals surface area contributed by atoms with Crippen LogP contribution >= 0.6 is 11.3 Å². The quantitative estimate of drug-likeness (QED) is 0.641. The van der Waals surface area contributed by atoms with Gasteiger partial charge in [0.2, 0.25) is 0 Å². The summed E-state index contributed by atoms with van der Waals surface area (Å²) in [5.41, 5.74) is 0.0505. The highest BCUT2D eigenvalue weighted by Crippen LogP contribution is 2.41. The van der Waals surface area contributed by atoms with Crippen LogP contribution in [-0.2, 0) is 0 Å². The number of thiophene rings is 1.